The number of aromatic nitrogens is 2. The molecule has 0 spiro atoms. The van der Waals surface area contributed by atoms with E-state index in [0.717, 1.165) is 50.4 Å². The Hall–Kier alpha value is -1.36. The van der Waals surface area contributed by atoms with Crippen molar-refractivity contribution in [2.24, 2.45) is 5.92 Å². The van der Waals surface area contributed by atoms with Crippen molar-refractivity contribution in [3.8, 4) is 0 Å². The molecule has 2 aliphatic heterocycles. The second kappa shape index (κ2) is 4.88. The summed E-state index contributed by atoms with van der Waals surface area (Å²) in [6.07, 6.45) is 3.70. The minimum Gasteiger partial charge on any atom is -0.381 e. The van der Waals surface area contributed by atoms with Gasteiger partial charge in [0.15, 0.2) is 0 Å². The van der Waals surface area contributed by atoms with Crippen molar-refractivity contribution < 1.29 is 9.53 Å². The number of fused-ring (bicyclic) bond motifs is 1. The van der Waals surface area contributed by atoms with Crippen LogP contribution in [0.2, 0.25) is 0 Å². The van der Waals surface area contributed by atoms with E-state index in [1.807, 2.05) is 9.58 Å². The molecule has 1 aromatic rings. The zero-order valence-corrected chi connectivity index (χ0v) is 12.6. The summed E-state index contributed by atoms with van der Waals surface area (Å²) >= 11 is 0. The first-order chi connectivity index (χ1) is 9.47. The maximum Gasteiger partial charge on any atom is 0.257 e. The van der Waals surface area contributed by atoms with Gasteiger partial charge in [0.25, 0.3) is 5.91 Å². The molecule has 0 aromatic carbocycles. The first kappa shape index (κ1) is 13.6. The van der Waals surface area contributed by atoms with Crippen molar-refractivity contribution in [2.45, 2.75) is 39.2 Å². The molecule has 3 rings (SSSR count). The van der Waals surface area contributed by atoms with Crippen molar-refractivity contribution in [1.82, 2.24) is 14.7 Å². The highest BCUT2D eigenvalue weighted by Crippen LogP contribution is 2.25. The van der Waals surface area contributed by atoms with E-state index in [1.54, 1.807) is 6.20 Å². The first-order valence-corrected chi connectivity index (χ1v) is 7.41. The topological polar surface area (TPSA) is 47.4 Å². The lowest BCUT2D eigenvalue weighted by molar-refractivity contribution is 0.0700. The zero-order chi connectivity index (χ0) is 14.3. The van der Waals surface area contributed by atoms with Crippen LogP contribution >= 0.6 is 0 Å². The second-order valence-corrected chi connectivity index (χ2v) is 6.82. The molecule has 20 heavy (non-hydrogen) atoms. The fourth-order valence-electron chi connectivity index (χ4n) is 3.10. The van der Waals surface area contributed by atoms with Gasteiger partial charge in [0, 0.05) is 32.0 Å². The first-order valence-electron chi connectivity index (χ1n) is 7.41. The molecular weight excluding hydrogens is 254 g/mol. The van der Waals surface area contributed by atoms with E-state index in [0.29, 0.717) is 5.92 Å². The van der Waals surface area contributed by atoms with E-state index in [-0.39, 0.29) is 11.4 Å². The molecular formula is C15H23N3O2. The highest BCUT2D eigenvalue weighted by Gasteiger charge is 2.32. The zero-order valence-electron chi connectivity index (χ0n) is 12.6. The molecule has 1 fully saturated rings. The van der Waals surface area contributed by atoms with Crippen molar-refractivity contribution in [3.05, 3.63) is 17.5 Å². The lowest BCUT2D eigenvalue weighted by atomic mass is 10.0. The largest absolute Gasteiger partial charge is 0.381 e. The summed E-state index contributed by atoms with van der Waals surface area (Å²) in [7, 11) is 0. The summed E-state index contributed by atoms with van der Waals surface area (Å²) in [6, 6.07) is 0. The fourth-order valence-corrected chi connectivity index (χ4v) is 3.10. The monoisotopic (exact) mass is 277 g/mol. The third-order valence-electron chi connectivity index (χ3n) is 4.14. The minimum absolute atomic E-state index is 0.0741. The molecule has 0 radical (unpaired) electrons. The molecule has 110 valence electrons. The van der Waals surface area contributed by atoms with E-state index < -0.39 is 0 Å². The van der Waals surface area contributed by atoms with Gasteiger partial charge in [-0.2, -0.15) is 5.10 Å². The highest BCUT2D eigenvalue weighted by molar-refractivity contribution is 5.96. The van der Waals surface area contributed by atoms with Crippen LogP contribution < -0.4 is 0 Å². The van der Waals surface area contributed by atoms with Crippen LogP contribution in [0.4, 0.5) is 0 Å². The molecule has 2 aliphatic rings. The van der Waals surface area contributed by atoms with Crippen LogP contribution in [-0.4, -0.2) is 46.9 Å². The maximum absolute atomic E-state index is 12.6. The van der Waals surface area contributed by atoms with Crippen LogP contribution in [0.3, 0.4) is 0 Å². The molecule has 3 heterocycles. The number of nitrogens with zero attached hydrogens (tertiary/aromatic N) is 3. The number of amides is 1. The van der Waals surface area contributed by atoms with Gasteiger partial charge in [0.2, 0.25) is 0 Å². The summed E-state index contributed by atoms with van der Waals surface area (Å²) in [6.45, 7) is 9.59. The van der Waals surface area contributed by atoms with Crippen molar-refractivity contribution >= 4 is 5.91 Å². The Labute approximate surface area is 119 Å². The Morgan fingerprint density at radius 3 is 2.90 bits per heavy atom. The number of carbonyl (C=O) groups is 1. The van der Waals surface area contributed by atoms with Gasteiger partial charge in [-0.3, -0.25) is 9.48 Å². The Balaban J connectivity index is 1.79. The third-order valence-corrected chi connectivity index (χ3v) is 4.14. The number of rotatable bonds is 2. The van der Waals surface area contributed by atoms with Gasteiger partial charge in [-0.25, -0.2) is 0 Å². The number of ether oxygens (including phenoxy) is 1. The molecule has 1 aromatic heterocycles. The van der Waals surface area contributed by atoms with E-state index in [4.69, 9.17) is 4.74 Å². The van der Waals surface area contributed by atoms with E-state index in [2.05, 4.69) is 25.9 Å². The van der Waals surface area contributed by atoms with Crippen LogP contribution in [0.5, 0.6) is 0 Å². The van der Waals surface area contributed by atoms with Crippen molar-refractivity contribution in [3.63, 3.8) is 0 Å². The van der Waals surface area contributed by atoms with E-state index in [1.165, 1.54) is 0 Å². The predicted molar refractivity (Wildman–Crippen MR) is 75.8 cm³/mol. The lowest BCUT2D eigenvalue weighted by Crippen LogP contribution is -2.41. The van der Waals surface area contributed by atoms with Gasteiger partial charge in [-0.1, -0.05) is 0 Å². The summed E-state index contributed by atoms with van der Waals surface area (Å²) < 4.78 is 7.39. The predicted octanol–water partition coefficient (Wildman–Crippen LogP) is 1.67. The standard InChI is InChI=1S/C15H23N3O2/c1-15(2,3)18-13-4-6-17(9-11-5-7-20-10-11)14(19)12(13)8-16-18/h8,11H,4-7,9-10H2,1-3H3. The Bertz CT molecular complexity index is 510. The maximum atomic E-state index is 12.6. The van der Waals surface area contributed by atoms with Crippen LogP contribution in [0.25, 0.3) is 0 Å². The Kier molecular flexibility index (Phi) is 3.32. The van der Waals surface area contributed by atoms with E-state index >= 15 is 0 Å². The molecule has 5 heteroatoms. The SMILES string of the molecule is CC(C)(C)n1ncc2c1CCN(CC1CCOC1)C2=O. The summed E-state index contributed by atoms with van der Waals surface area (Å²) in [4.78, 5) is 14.5. The average Bonchev–Trinajstić information content (AvgIpc) is 3.01. The van der Waals surface area contributed by atoms with Gasteiger partial charge in [-0.05, 0) is 27.2 Å². The van der Waals surface area contributed by atoms with Gasteiger partial charge >= 0.3 is 0 Å². The normalized spacial score (nSPS) is 23.2. The van der Waals surface area contributed by atoms with Crippen LogP contribution in [0.15, 0.2) is 6.20 Å². The quantitative estimate of drug-likeness (QED) is 0.826. The van der Waals surface area contributed by atoms with Gasteiger partial charge in [0.1, 0.15) is 0 Å². The number of hydrogen-bond acceptors (Lipinski definition) is 3. The smallest absolute Gasteiger partial charge is 0.257 e. The van der Waals surface area contributed by atoms with Gasteiger partial charge < -0.3 is 9.64 Å². The summed E-state index contributed by atoms with van der Waals surface area (Å²) in [5.41, 5.74) is 1.79. The van der Waals surface area contributed by atoms with Crippen molar-refractivity contribution in [2.75, 3.05) is 26.3 Å². The Morgan fingerprint density at radius 2 is 2.25 bits per heavy atom. The van der Waals surface area contributed by atoms with Crippen LogP contribution in [0.1, 0.15) is 43.2 Å². The van der Waals surface area contributed by atoms with Crippen molar-refractivity contribution in [1.29, 1.82) is 0 Å². The molecule has 1 atom stereocenters. The minimum atomic E-state index is -0.0741. The molecule has 0 aliphatic carbocycles. The fraction of sp³-hybridized carbons (Fsp3) is 0.733. The third kappa shape index (κ3) is 2.35. The molecule has 1 saturated heterocycles. The van der Waals surface area contributed by atoms with Crippen LogP contribution in [0, 0.1) is 5.92 Å². The molecule has 0 N–H and O–H groups in total. The molecule has 0 bridgehead atoms. The molecule has 0 saturated carbocycles. The van der Waals surface area contributed by atoms with E-state index in [9.17, 15) is 4.79 Å². The number of hydrogen-bond donors (Lipinski definition) is 0. The highest BCUT2D eigenvalue weighted by atomic mass is 16.5. The summed E-state index contributed by atoms with van der Waals surface area (Å²) in [5, 5.41) is 4.43. The lowest BCUT2D eigenvalue weighted by Gasteiger charge is -2.31. The number of carbonyl (C=O) groups excluding carboxylic acids is 1. The van der Waals surface area contributed by atoms with Gasteiger partial charge in [0.05, 0.1) is 29.6 Å². The van der Waals surface area contributed by atoms with Gasteiger partial charge in [-0.15, -0.1) is 0 Å². The molecule has 1 amide bonds. The Morgan fingerprint density at radius 1 is 1.45 bits per heavy atom. The second-order valence-electron chi connectivity index (χ2n) is 6.82. The molecule has 5 nitrogen and oxygen atoms in total. The molecule has 1 unspecified atom stereocenters. The van der Waals surface area contributed by atoms with Crippen LogP contribution in [-0.2, 0) is 16.7 Å². The summed E-state index contributed by atoms with van der Waals surface area (Å²) in [5.74, 6) is 0.631. The average molecular weight is 277 g/mol.